The molecule has 2 aromatic rings. The Morgan fingerprint density at radius 1 is 1.00 bits per heavy atom. The smallest absolute Gasteiger partial charge is 0.319 e. The maximum atomic E-state index is 12.8. The van der Waals surface area contributed by atoms with Crippen LogP contribution in [0.5, 0.6) is 0 Å². The van der Waals surface area contributed by atoms with E-state index in [9.17, 15) is 9.59 Å². The van der Waals surface area contributed by atoms with Gasteiger partial charge in [-0.1, -0.05) is 54.1 Å². The third-order valence-corrected chi connectivity index (χ3v) is 3.95. The van der Waals surface area contributed by atoms with E-state index in [4.69, 9.17) is 11.6 Å². The van der Waals surface area contributed by atoms with Crippen molar-refractivity contribution in [3.05, 3.63) is 65.2 Å². The Morgan fingerprint density at radius 2 is 1.62 bits per heavy atom. The number of anilines is 1. The molecule has 4 nitrogen and oxygen atoms in total. The van der Waals surface area contributed by atoms with Crippen molar-refractivity contribution in [1.29, 1.82) is 0 Å². The molecule has 0 spiro atoms. The maximum absolute atomic E-state index is 12.8. The molecule has 3 rings (SSSR count). The van der Waals surface area contributed by atoms with Gasteiger partial charge in [0.1, 0.15) is 5.54 Å². The van der Waals surface area contributed by atoms with E-state index in [2.05, 4.69) is 5.32 Å². The molecule has 1 N–H and O–H groups in total. The molecular weight excluding hydrogens is 288 g/mol. The fourth-order valence-corrected chi connectivity index (χ4v) is 2.68. The van der Waals surface area contributed by atoms with Gasteiger partial charge in [0.25, 0.3) is 5.91 Å². The van der Waals surface area contributed by atoms with Gasteiger partial charge in [0.2, 0.25) is 0 Å². The summed E-state index contributed by atoms with van der Waals surface area (Å²) < 4.78 is 0. The highest BCUT2D eigenvalue weighted by molar-refractivity contribution is 6.36. The van der Waals surface area contributed by atoms with Crippen LogP contribution in [-0.4, -0.2) is 11.9 Å². The predicted octanol–water partition coefficient (Wildman–Crippen LogP) is 3.31. The summed E-state index contributed by atoms with van der Waals surface area (Å²) in [6.07, 6.45) is 0. The maximum Gasteiger partial charge on any atom is 0.330 e. The number of rotatable bonds is 2. The zero-order valence-corrected chi connectivity index (χ0v) is 12.1. The second-order valence-electron chi connectivity index (χ2n) is 5.01. The molecule has 1 saturated heterocycles. The summed E-state index contributed by atoms with van der Waals surface area (Å²) in [7, 11) is 0. The van der Waals surface area contributed by atoms with Gasteiger partial charge in [-0.15, -0.1) is 0 Å². The lowest BCUT2D eigenvalue weighted by molar-refractivity contribution is -0.121. The first-order valence-corrected chi connectivity index (χ1v) is 6.88. The van der Waals surface area contributed by atoms with E-state index in [1.54, 1.807) is 31.2 Å². The van der Waals surface area contributed by atoms with E-state index in [1.165, 1.54) is 0 Å². The van der Waals surface area contributed by atoms with E-state index < -0.39 is 11.6 Å². The summed E-state index contributed by atoms with van der Waals surface area (Å²) >= 11 is 6.10. The summed E-state index contributed by atoms with van der Waals surface area (Å²) in [6, 6.07) is 15.5. The number of carbonyl (C=O) groups is 2. The number of urea groups is 1. The zero-order valence-electron chi connectivity index (χ0n) is 11.3. The van der Waals surface area contributed by atoms with Crippen LogP contribution in [0.1, 0.15) is 12.5 Å². The number of benzene rings is 2. The number of imide groups is 1. The molecule has 2 aromatic carbocycles. The molecule has 106 valence electrons. The molecule has 0 bridgehead atoms. The van der Waals surface area contributed by atoms with Crippen molar-refractivity contribution in [2.45, 2.75) is 12.5 Å². The van der Waals surface area contributed by atoms with Crippen molar-refractivity contribution in [2.24, 2.45) is 0 Å². The minimum absolute atomic E-state index is 0.341. The first-order chi connectivity index (χ1) is 10.0. The molecule has 0 aliphatic carbocycles. The molecule has 1 heterocycles. The van der Waals surface area contributed by atoms with Crippen LogP contribution in [0, 0.1) is 0 Å². The number of halogens is 1. The van der Waals surface area contributed by atoms with Gasteiger partial charge in [0, 0.05) is 0 Å². The summed E-state index contributed by atoms with van der Waals surface area (Å²) in [5, 5.41) is 3.11. The number of carbonyl (C=O) groups excluding carboxylic acids is 2. The predicted molar refractivity (Wildman–Crippen MR) is 81.3 cm³/mol. The minimum atomic E-state index is -1.09. The summed E-state index contributed by atoms with van der Waals surface area (Å²) in [6.45, 7) is 1.69. The van der Waals surface area contributed by atoms with Gasteiger partial charge in [-0.2, -0.15) is 0 Å². The van der Waals surface area contributed by atoms with Crippen molar-refractivity contribution < 1.29 is 9.59 Å². The third-order valence-electron chi connectivity index (χ3n) is 3.64. The highest BCUT2D eigenvalue weighted by Gasteiger charge is 2.49. The van der Waals surface area contributed by atoms with Crippen LogP contribution in [0.4, 0.5) is 10.5 Å². The van der Waals surface area contributed by atoms with Gasteiger partial charge in [-0.3, -0.25) is 4.79 Å². The lowest BCUT2D eigenvalue weighted by Crippen LogP contribution is -2.40. The second kappa shape index (κ2) is 4.90. The summed E-state index contributed by atoms with van der Waals surface area (Å²) in [5.41, 5.74) is 0.0385. The van der Waals surface area contributed by atoms with E-state index >= 15 is 0 Å². The van der Waals surface area contributed by atoms with Crippen molar-refractivity contribution in [1.82, 2.24) is 5.32 Å². The van der Waals surface area contributed by atoms with E-state index in [0.717, 1.165) is 10.5 Å². The number of para-hydroxylation sites is 1. The number of nitrogens with zero attached hydrogens (tertiary/aromatic N) is 1. The van der Waals surface area contributed by atoms with Crippen molar-refractivity contribution in [2.75, 3.05) is 4.90 Å². The Bertz CT molecular complexity index is 717. The average molecular weight is 301 g/mol. The summed E-state index contributed by atoms with van der Waals surface area (Å²) in [4.78, 5) is 26.1. The summed E-state index contributed by atoms with van der Waals surface area (Å²) in [5.74, 6) is -0.341. The van der Waals surface area contributed by atoms with Gasteiger partial charge in [-0.05, 0) is 24.6 Å². The highest BCUT2D eigenvalue weighted by Crippen LogP contribution is 2.34. The van der Waals surface area contributed by atoms with Crippen molar-refractivity contribution in [3.8, 4) is 0 Å². The molecule has 1 fully saturated rings. The first-order valence-electron chi connectivity index (χ1n) is 6.51. The molecule has 0 saturated carbocycles. The van der Waals surface area contributed by atoms with Gasteiger partial charge in [0.15, 0.2) is 0 Å². The minimum Gasteiger partial charge on any atom is -0.319 e. The van der Waals surface area contributed by atoms with Crippen LogP contribution in [-0.2, 0) is 10.3 Å². The SMILES string of the molecule is C[C@]1(c2ccccc2)NC(=O)N(c2ccccc2Cl)C1=O. The van der Waals surface area contributed by atoms with E-state index in [1.807, 2.05) is 30.3 Å². The average Bonchev–Trinajstić information content (AvgIpc) is 2.72. The van der Waals surface area contributed by atoms with Crippen LogP contribution >= 0.6 is 11.6 Å². The molecule has 0 radical (unpaired) electrons. The molecule has 3 amide bonds. The number of hydrogen-bond donors (Lipinski definition) is 1. The number of amides is 3. The molecule has 1 aliphatic rings. The lowest BCUT2D eigenvalue weighted by Gasteiger charge is -2.22. The monoisotopic (exact) mass is 300 g/mol. The Kier molecular flexibility index (Phi) is 3.18. The Labute approximate surface area is 127 Å². The molecule has 1 aliphatic heterocycles. The largest absolute Gasteiger partial charge is 0.330 e. The number of nitrogens with one attached hydrogen (secondary N) is 1. The quantitative estimate of drug-likeness (QED) is 0.865. The topological polar surface area (TPSA) is 49.4 Å². The second-order valence-corrected chi connectivity index (χ2v) is 5.42. The zero-order chi connectivity index (χ0) is 15.0. The van der Waals surface area contributed by atoms with Crippen LogP contribution in [0.25, 0.3) is 0 Å². The lowest BCUT2D eigenvalue weighted by atomic mass is 9.92. The Balaban J connectivity index is 2.06. The van der Waals surface area contributed by atoms with Crippen molar-refractivity contribution in [3.63, 3.8) is 0 Å². The highest BCUT2D eigenvalue weighted by atomic mass is 35.5. The Hall–Kier alpha value is -2.33. The van der Waals surface area contributed by atoms with E-state index in [0.29, 0.717) is 10.7 Å². The molecule has 0 aromatic heterocycles. The third kappa shape index (κ3) is 2.08. The van der Waals surface area contributed by atoms with Crippen LogP contribution < -0.4 is 10.2 Å². The number of hydrogen-bond acceptors (Lipinski definition) is 2. The van der Waals surface area contributed by atoms with E-state index in [-0.39, 0.29) is 5.91 Å². The van der Waals surface area contributed by atoms with Gasteiger partial charge in [-0.25, -0.2) is 9.69 Å². The van der Waals surface area contributed by atoms with Crippen LogP contribution in [0.3, 0.4) is 0 Å². The molecule has 0 unspecified atom stereocenters. The van der Waals surface area contributed by atoms with Crippen molar-refractivity contribution >= 4 is 29.2 Å². The van der Waals surface area contributed by atoms with Gasteiger partial charge < -0.3 is 5.32 Å². The Morgan fingerprint density at radius 3 is 2.29 bits per heavy atom. The molecule has 5 heteroatoms. The molecule has 1 atom stereocenters. The molecule has 21 heavy (non-hydrogen) atoms. The molecular formula is C16H13ClN2O2. The fourth-order valence-electron chi connectivity index (χ4n) is 2.46. The van der Waals surface area contributed by atoms with Crippen LogP contribution in [0.15, 0.2) is 54.6 Å². The first kappa shape index (κ1) is 13.6. The fraction of sp³-hybridized carbons (Fsp3) is 0.125. The standard InChI is InChI=1S/C16H13ClN2O2/c1-16(11-7-3-2-4-8-11)14(20)19(15(21)18-16)13-10-6-5-9-12(13)17/h2-10H,1H3,(H,18,21)/t16-/m1/s1. The van der Waals surface area contributed by atoms with Gasteiger partial charge >= 0.3 is 6.03 Å². The van der Waals surface area contributed by atoms with Gasteiger partial charge in [0.05, 0.1) is 10.7 Å². The normalized spacial score (nSPS) is 21.5. The van der Waals surface area contributed by atoms with Crippen LogP contribution in [0.2, 0.25) is 5.02 Å².